The summed E-state index contributed by atoms with van der Waals surface area (Å²) in [4.78, 5) is 14.4. The third kappa shape index (κ3) is 4.41. The third-order valence-corrected chi connectivity index (χ3v) is 3.74. The monoisotopic (exact) mass is 346 g/mol. The summed E-state index contributed by atoms with van der Waals surface area (Å²) in [5.74, 6) is -0.109. The zero-order chi connectivity index (χ0) is 15.4. The molecule has 0 atom stereocenters. The fraction of sp³-hybridized carbons (Fsp3) is 0.235. The quantitative estimate of drug-likeness (QED) is 0.904. The number of carbonyl (C=O) groups excluding carboxylic acids is 1. The van der Waals surface area contributed by atoms with E-state index in [1.54, 1.807) is 0 Å². The molecule has 1 N–H and O–H groups in total. The molecule has 0 aliphatic carbocycles. The summed E-state index contributed by atoms with van der Waals surface area (Å²) in [6.45, 7) is 2.88. The topological polar surface area (TPSA) is 32.3 Å². The van der Waals surface area contributed by atoms with E-state index in [4.69, 9.17) is 0 Å². The number of nitrogens with zero attached hydrogens (tertiary/aromatic N) is 1. The van der Waals surface area contributed by atoms with Crippen LogP contribution in [0, 0.1) is 6.92 Å². The maximum Gasteiger partial charge on any atom is 0.256 e. The number of rotatable bonds is 4. The van der Waals surface area contributed by atoms with Gasteiger partial charge in [0.1, 0.15) is 0 Å². The molecule has 4 heteroatoms. The molecule has 110 valence electrons. The summed E-state index contributed by atoms with van der Waals surface area (Å²) in [6, 6.07) is 13.6. The molecule has 0 aliphatic rings. The van der Waals surface area contributed by atoms with Gasteiger partial charge >= 0.3 is 0 Å². The Kier molecular flexibility index (Phi) is 5.15. The zero-order valence-electron chi connectivity index (χ0n) is 12.5. The molecular formula is C17H19BrN2O. The zero-order valence-corrected chi connectivity index (χ0v) is 14.1. The Balaban J connectivity index is 2.08. The van der Waals surface area contributed by atoms with Crippen molar-refractivity contribution in [1.82, 2.24) is 4.90 Å². The largest absolute Gasteiger partial charge is 0.322 e. The molecule has 2 aromatic rings. The van der Waals surface area contributed by atoms with E-state index in [9.17, 15) is 4.79 Å². The van der Waals surface area contributed by atoms with Gasteiger partial charge in [-0.2, -0.15) is 0 Å². The number of anilines is 1. The second-order valence-electron chi connectivity index (χ2n) is 5.37. The molecule has 0 unspecified atom stereocenters. The minimum atomic E-state index is -0.109. The highest BCUT2D eigenvalue weighted by Crippen LogP contribution is 2.20. The van der Waals surface area contributed by atoms with Crippen molar-refractivity contribution in [3.05, 3.63) is 63.6 Å². The Bertz CT molecular complexity index is 636. The van der Waals surface area contributed by atoms with Crippen molar-refractivity contribution in [3.63, 3.8) is 0 Å². The lowest BCUT2D eigenvalue weighted by molar-refractivity contribution is 0.102. The Labute approximate surface area is 134 Å². The Morgan fingerprint density at radius 2 is 1.81 bits per heavy atom. The van der Waals surface area contributed by atoms with E-state index in [0.717, 1.165) is 22.3 Å². The molecule has 0 spiro atoms. The maximum absolute atomic E-state index is 12.3. The van der Waals surface area contributed by atoms with Crippen LogP contribution in [0.5, 0.6) is 0 Å². The van der Waals surface area contributed by atoms with Gasteiger partial charge < -0.3 is 10.2 Å². The van der Waals surface area contributed by atoms with Gasteiger partial charge in [0.05, 0.1) is 5.56 Å². The van der Waals surface area contributed by atoms with Crippen LogP contribution in [-0.2, 0) is 6.54 Å². The molecule has 2 aromatic carbocycles. The van der Waals surface area contributed by atoms with E-state index in [-0.39, 0.29) is 5.91 Å². The number of halogens is 1. The number of benzene rings is 2. The van der Waals surface area contributed by atoms with Gasteiger partial charge in [-0.1, -0.05) is 18.2 Å². The van der Waals surface area contributed by atoms with Crippen LogP contribution in [0.3, 0.4) is 0 Å². The smallest absolute Gasteiger partial charge is 0.256 e. The molecule has 0 heterocycles. The molecule has 2 rings (SSSR count). The number of hydrogen-bond acceptors (Lipinski definition) is 2. The van der Waals surface area contributed by atoms with Crippen molar-refractivity contribution >= 4 is 27.5 Å². The first-order chi connectivity index (χ1) is 9.95. The van der Waals surface area contributed by atoms with Crippen molar-refractivity contribution in [1.29, 1.82) is 0 Å². The summed E-state index contributed by atoms with van der Waals surface area (Å²) in [7, 11) is 4.06. The minimum absolute atomic E-state index is 0.109. The molecule has 0 fully saturated rings. The van der Waals surface area contributed by atoms with Crippen LogP contribution in [0.1, 0.15) is 21.5 Å². The lowest BCUT2D eigenvalue weighted by Gasteiger charge is -2.11. The third-order valence-electron chi connectivity index (χ3n) is 3.08. The van der Waals surface area contributed by atoms with Crippen molar-refractivity contribution < 1.29 is 4.79 Å². The lowest BCUT2D eigenvalue weighted by atomic mass is 10.1. The van der Waals surface area contributed by atoms with Crippen molar-refractivity contribution in [3.8, 4) is 0 Å². The lowest BCUT2D eigenvalue weighted by Crippen LogP contribution is -2.13. The van der Waals surface area contributed by atoms with Gasteiger partial charge in [-0.3, -0.25) is 4.79 Å². The van der Waals surface area contributed by atoms with Gasteiger partial charge in [0.15, 0.2) is 0 Å². The predicted molar refractivity (Wildman–Crippen MR) is 90.7 cm³/mol. The highest BCUT2D eigenvalue weighted by molar-refractivity contribution is 9.10. The molecule has 0 radical (unpaired) electrons. The van der Waals surface area contributed by atoms with E-state index in [2.05, 4.69) is 26.1 Å². The molecule has 3 nitrogen and oxygen atoms in total. The number of nitrogens with one attached hydrogen (secondary N) is 1. The number of aryl methyl sites for hydroxylation is 1. The van der Waals surface area contributed by atoms with Crippen molar-refractivity contribution in [2.24, 2.45) is 0 Å². The second kappa shape index (κ2) is 6.87. The Morgan fingerprint density at radius 1 is 1.14 bits per heavy atom. The maximum atomic E-state index is 12.3. The minimum Gasteiger partial charge on any atom is -0.322 e. The van der Waals surface area contributed by atoms with Gasteiger partial charge in [-0.05, 0) is 72.3 Å². The molecule has 0 aliphatic heterocycles. The number of carbonyl (C=O) groups is 1. The molecule has 0 aromatic heterocycles. The molecule has 0 saturated carbocycles. The van der Waals surface area contributed by atoms with Gasteiger partial charge in [-0.25, -0.2) is 0 Å². The SMILES string of the molecule is Cc1ccc(C(=O)Nc2ccc(CN(C)C)cc2)c(Br)c1. The first kappa shape index (κ1) is 15.7. The van der Waals surface area contributed by atoms with E-state index in [1.165, 1.54) is 5.56 Å². The van der Waals surface area contributed by atoms with E-state index in [1.807, 2.05) is 63.5 Å². The average molecular weight is 347 g/mol. The molecule has 0 saturated heterocycles. The van der Waals surface area contributed by atoms with Crippen LogP contribution < -0.4 is 5.32 Å². The van der Waals surface area contributed by atoms with E-state index in [0.29, 0.717) is 5.56 Å². The highest BCUT2D eigenvalue weighted by Gasteiger charge is 2.10. The molecule has 21 heavy (non-hydrogen) atoms. The van der Waals surface area contributed by atoms with E-state index < -0.39 is 0 Å². The summed E-state index contributed by atoms with van der Waals surface area (Å²) in [5.41, 5.74) is 3.77. The average Bonchev–Trinajstić information content (AvgIpc) is 2.40. The summed E-state index contributed by atoms with van der Waals surface area (Å²) < 4.78 is 0.809. The van der Waals surface area contributed by atoms with Gasteiger partial charge in [0, 0.05) is 16.7 Å². The molecule has 1 amide bonds. The first-order valence-electron chi connectivity index (χ1n) is 6.77. The number of amides is 1. The second-order valence-corrected chi connectivity index (χ2v) is 6.23. The summed E-state index contributed by atoms with van der Waals surface area (Å²) in [6.07, 6.45) is 0. The van der Waals surface area contributed by atoms with Gasteiger partial charge in [-0.15, -0.1) is 0 Å². The molecular weight excluding hydrogens is 328 g/mol. The van der Waals surface area contributed by atoms with Crippen LogP contribution in [0.4, 0.5) is 5.69 Å². The molecule has 0 bridgehead atoms. The van der Waals surface area contributed by atoms with Crippen LogP contribution in [-0.4, -0.2) is 24.9 Å². The highest BCUT2D eigenvalue weighted by atomic mass is 79.9. The standard InChI is InChI=1S/C17H19BrN2O/c1-12-4-9-15(16(18)10-12)17(21)19-14-7-5-13(6-8-14)11-20(2)3/h4-10H,11H2,1-3H3,(H,19,21). The van der Waals surface area contributed by atoms with Gasteiger partial charge in [0.25, 0.3) is 5.91 Å². The van der Waals surface area contributed by atoms with E-state index >= 15 is 0 Å². The predicted octanol–water partition coefficient (Wildman–Crippen LogP) is 4.07. The first-order valence-corrected chi connectivity index (χ1v) is 7.56. The summed E-state index contributed by atoms with van der Waals surface area (Å²) in [5, 5.41) is 2.92. The van der Waals surface area contributed by atoms with Gasteiger partial charge in [0.2, 0.25) is 0 Å². The van der Waals surface area contributed by atoms with Crippen LogP contribution in [0.2, 0.25) is 0 Å². The Hall–Kier alpha value is -1.65. The van der Waals surface area contributed by atoms with Crippen molar-refractivity contribution in [2.45, 2.75) is 13.5 Å². The fourth-order valence-corrected chi connectivity index (χ4v) is 2.73. The Morgan fingerprint density at radius 3 is 2.38 bits per heavy atom. The van der Waals surface area contributed by atoms with Crippen LogP contribution in [0.15, 0.2) is 46.9 Å². The normalized spacial score (nSPS) is 10.7. The van der Waals surface area contributed by atoms with Crippen LogP contribution in [0.25, 0.3) is 0 Å². The summed E-state index contributed by atoms with van der Waals surface area (Å²) >= 11 is 3.43. The van der Waals surface area contributed by atoms with Crippen LogP contribution >= 0.6 is 15.9 Å². The number of hydrogen-bond donors (Lipinski definition) is 1. The van der Waals surface area contributed by atoms with Crippen molar-refractivity contribution in [2.75, 3.05) is 19.4 Å². The fourth-order valence-electron chi connectivity index (χ4n) is 2.06.